The monoisotopic (exact) mass is 213 g/mol. The van der Waals surface area contributed by atoms with Crippen molar-refractivity contribution in [2.24, 2.45) is 0 Å². The Kier molecular flexibility index (Phi) is 7.82. The molecule has 0 aromatic heterocycles. The molecule has 0 fully saturated rings. The van der Waals surface area contributed by atoms with E-state index in [1.165, 1.54) is 24.6 Å². The van der Waals surface area contributed by atoms with Crippen LogP contribution in [0.25, 0.3) is 0 Å². The van der Waals surface area contributed by atoms with Crippen LogP contribution in [0.5, 0.6) is 0 Å². The minimum absolute atomic E-state index is 0.698. The smallest absolute Gasteiger partial charge is 0.192 e. The molecular formula is C11H23NOSi. The van der Waals surface area contributed by atoms with Gasteiger partial charge in [0.2, 0.25) is 0 Å². The molecule has 0 rings (SSSR count). The zero-order chi connectivity index (χ0) is 10.9. The molecule has 0 heterocycles. The quantitative estimate of drug-likeness (QED) is 0.455. The molecule has 0 atom stereocenters. The zero-order valence-corrected chi connectivity index (χ0v) is 10.8. The minimum atomic E-state index is -1.40. The molecule has 0 aromatic carbocycles. The van der Waals surface area contributed by atoms with Gasteiger partial charge in [0.05, 0.1) is 6.07 Å². The largest absolute Gasteiger partial charge is 0.417 e. The topological polar surface area (TPSA) is 33.0 Å². The number of hydrogen-bond acceptors (Lipinski definition) is 2. The molecule has 0 amide bonds. The van der Waals surface area contributed by atoms with E-state index in [0.717, 1.165) is 13.0 Å². The Hall–Kier alpha value is -0.333. The lowest BCUT2D eigenvalue weighted by Gasteiger charge is -2.28. The molecule has 3 heteroatoms. The third-order valence-electron chi connectivity index (χ3n) is 2.91. The normalized spacial score (nSPS) is 11.3. The van der Waals surface area contributed by atoms with Gasteiger partial charge in [-0.05, 0) is 31.5 Å². The standard InChI is InChI=1S/C11H23NOSi/c1-4-13-14(5-2,6-3)11-9-7-8-10-12/h4-9,11H2,1-3H3. The van der Waals surface area contributed by atoms with Crippen LogP contribution in [-0.2, 0) is 4.43 Å². The van der Waals surface area contributed by atoms with Gasteiger partial charge in [-0.15, -0.1) is 0 Å². The van der Waals surface area contributed by atoms with Gasteiger partial charge in [-0.2, -0.15) is 5.26 Å². The lowest BCUT2D eigenvalue weighted by molar-refractivity contribution is 0.318. The lowest BCUT2D eigenvalue weighted by Crippen LogP contribution is -2.36. The molecule has 14 heavy (non-hydrogen) atoms. The van der Waals surface area contributed by atoms with Gasteiger partial charge in [0.25, 0.3) is 0 Å². The molecule has 0 unspecified atom stereocenters. The van der Waals surface area contributed by atoms with Crippen LogP contribution >= 0.6 is 0 Å². The second-order valence-electron chi connectivity index (χ2n) is 3.69. The van der Waals surface area contributed by atoms with E-state index < -0.39 is 8.32 Å². The van der Waals surface area contributed by atoms with E-state index in [9.17, 15) is 0 Å². The fraction of sp³-hybridized carbons (Fsp3) is 0.909. The predicted molar refractivity (Wildman–Crippen MR) is 62.6 cm³/mol. The summed E-state index contributed by atoms with van der Waals surface area (Å²) in [6.45, 7) is 7.43. The minimum Gasteiger partial charge on any atom is -0.417 e. The van der Waals surface area contributed by atoms with Gasteiger partial charge in [-0.1, -0.05) is 20.3 Å². The molecule has 0 bridgehead atoms. The highest BCUT2D eigenvalue weighted by atomic mass is 28.4. The Morgan fingerprint density at radius 3 is 2.21 bits per heavy atom. The first-order valence-electron chi connectivity index (χ1n) is 5.75. The predicted octanol–water partition coefficient (Wildman–Crippen LogP) is 3.70. The lowest BCUT2D eigenvalue weighted by atomic mass is 10.3. The van der Waals surface area contributed by atoms with Crippen molar-refractivity contribution in [1.82, 2.24) is 0 Å². The van der Waals surface area contributed by atoms with Crippen LogP contribution in [0.3, 0.4) is 0 Å². The third kappa shape index (κ3) is 4.78. The van der Waals surface area contributed by atoms with E-state index in [1.807, 2.05) is 0 Å². The van der Waals surface area contributed by atoms with Crippen LogP contribution in [0.2, 0.25) is 18.1 Å². The van der Waals surface area contributed by atoms with E-state index in [-0.39, 0.29) is 0 Å². The Morgan fingerprint density at radius 2 is 1.79 bits per heavy atom. The van der Waals surface area contributed by atoms with Crippen LogP contribution < -0.4 is 0 Å². The fourth-order valence-electron chi connectivity index (χ4n) is 1.84. The van der Waals surface area contributed by atoms with Gasteiger partial charge >= 0.3 is 0 Å². The average Bonchev–Trinajstić information content (AvgIpc) is 2.23. The van der Waals surface area contributed by atoms with Crippen molar-refractivity contribution in [3.8, 4) is 6.07 Å². The molecule has 0 radical (unpaired) electrons. The summed E-state index contributed by atoms with van der Waals surface area (Å²) in [5, 5.41) is 8.44. The molecular weight excluding hydrogens is 190 g/mol. The van der Waals surface area contributed by atoms with Gasteiger partial charge in [-0.3, -0.25) is 0 Å². The molecule has 0 aliphatic rings. The van der Waals surface area contributed by atoms with Crippen molar-refractivity contribution < 1.29 is 4.43 Å². The third-order valence-corrected chi connectivity index (χ3v) is 7.65. The van der Waals surface area contributed by atoms with Crippen LogP contribution in [0.1, 0.15) is 40.0 Å². The van der Waals surface area contributed by atoms with E-state index in [2.05, 4.69) is 26.8 Å². The van der Waals surface area contributed by atoms with Crippen LogP contribution in [0.4, 0.5) is 0 Å². The maximum atomic E-state index is 8.44. The molecule has 0 aliphatic heterocycles. The SMILES string of the molecule is CCO[Si](CC)(CC)CCCCC#N. The van der Waals surface area contributed by atoms with Crippen molar-refractivity contribution in [2.75, 3.05) is 6.61 Å². The summed E-state index contributed by atoms with van der Waals surface area (Å²) in [5.74, 6) is 0. The summed E-state index contributed by atoms with van der Waals surface area (Å²) >= 11 is 0. The Morgan fingerprint density at radius 1 is 1.14 bits per heavy atom. The van der Waals surface area contributed by atoms with Gasteiger partial charge in [0.1, 0.15) is 0 Å². The molecule has 2 nitrogen and oxygen atoms in total. The first-order valence-corrected chi connectivity index (χ1v) is 8.28. The number of hydrogen-bond donors (Lipinski definition) is 0. The van der Waals surface area contributed by atoms with Crippen molar-refractivity contribution in [1.29, 1.82) is 5.26 Å². The average molecular weight is 213 g/mol. The van der Waals surface area contributed by atoms with Gasteiger partial charge in [0, 0.05) is 13.0 Å². The molecule has 0 saturated heterocycles. The van der Waals surface area contributed by atoms with E-state index >= 15 is 0 Å². The number of nitrogens with zero attached hydrogens (tertiary/aromatic N) is 1. The fourth-order valence-corrected chi connectivity index (χ4v) is 5.10. The van der Waals surface area contributed by atoms with Crippen molar-refractivity contribution in [3.05, 3.63) is 0 Å². The summed E-state index contributed by atoms with van der Waals surface area (Å²) in [6.07, 6.45) is 2.91. The summed E-state index contributed by atoms with van der Waals surface area (Å²) in [6, 6.07) is 5.85. The highest BCUT2D eigenvalue weighted by Crippen LogP contribution is 2.24. The zero-order valence-electron chi connectivity index (χ0n) is 9.81. The van der Waals surface area contributed by atoms with Gasteiger partial charge < -0.3 is 4.43 Å². The maximum Gasteiger partial charge on any atom is 0.192 e. The maximum absolute atomic E-state index is 8.44. The molecule has 0 spiro atoms. The molecule has 82 valence electrons. The van der Waals surface area contributed by atoms with Gasteiger partial charge in [0.15, 0.2) is 8.32 Å². The summed E-state index contributed by atoms with van der Waals surface area (Å²) in [4.78, 5) is 0. The van der Waals surface area contributed by atoms with Crippen LogP contribution in [0, 0.1) is 11.3 Å². The van der Waals surface area contributed by atoms with Crippen LogP contribution in [0.15, 0.2) is 0 Å². The summed E-state index contributed by atoms with van der Waals surface area (Å²) in [5.41, 5.74) is 0. The van der Waals surface area contributed by atoms with E-state index in [0.29, 0.717) is 6.42 Å². The molecule has 0 aromatic rings. The Balaban J connectivity index is 3.89. The second-order valence-corrected chi connectivity index (χ2v) is 8.26. The molecule has 0 N–H and O–H groups in total. The first kappa shape index (κ1) is 13.7. The first-order chi connectivity index (χ1) is 6.74. The van der Waals surface area contributed by atoms with Gasteiger partial charge in [-0.25, -0.2) is 0 Å². The van der Waals surface area contributed by atoms with Crippen molar-refractivity contribution >= 4 is 8.32 Å². The Bertz CT molecular complexity index is 173. The van der Waals surface area contributed by atoms with Crippen molar-refractivity contribution in [3.63, 3.8) is 0 Å². The highest BCUT2D eigenvalue weighted by Gasteiger charge is 2.29. The molecule has 0 aliphatic carbocycles. The van der Waals surface area contributed by atoms with E-state index in [1.54, 1.807) is 0 Å². The summed E-state index contributed by atoms with van der Waals surface area (Å²) < 4.78 is 5.96. The van der Waals surface area contributed by atoms with E-state index in [4.69, 9.17) is 9.69 Å². The van der Waals surface area contributed by atoms with Crippen LogP contribution in [-0.4, -0.2) is 14.9 Å². The number of rotatable bonds is 8. The number of nitriles is 1. The highest BCUT2D eigenvalue weighted by molar-refractivity contribution is 6.73. The molecule has 0 saturated carbocycles. The van der Waals surface area contributed by atoms with Crippen molar-refractivity contribution in [2.45, 2.75) is 58.2 Å². The summed E-state index contributed by atoms with van der Waals surface area (Å²) in [7, 11) is -1.40. The Labute approximate surface area is 89.4 Å². The second kappa shape index (κ2) is 8.02. The number of unbranched alkanes of at least 4 members (excludes halogenated alkanes) is 2.